The molecule has 4 heteroatoms. The molecule has 4 nitrogen and oxygen atoms in total. The number of benzene rings is 1. The van der Waals surface area contributed by atoms with Crippen LogP contribution in [-0.2, 0) is 6.54 Å². The highest BCUT2D eigenvalue weighted by Gasteiger charge is 2.26. The molecule has 0 bridgehead atoms. The first-order chi connectivity index (χ1) is 8.74. The number of rotatable bonds is 6. The fraction of sp³-hybridized carbons (Fsp3) is 0.571. The van der Waals surface area contributed by atoms with Crippen LogP contribution in [0, 0.1) is 5.92 Å². The number of hydrogen-bond acceptors (Lipinski definition) is 4. The third-order valence-corrected chi connectivity index (χ3v) is 3.44. The van der Waals surface area contributed by atoms with E-state index in [4.69, 9.17) is 9.47 Å². The van der Waals surface area contributed by atoms with E-state index >= 15 is 0 Å². The van der Waals surface area contributed by atoms with E-state index in [0.29, 0.717) is 5.92 Å². The second-order valence-corrected chi connectivity index (χ2v) is 4.77. The maximum absolute atomic E-state index is 9.22. The normalized spacial score (nSPS) is 22.4. The van der Waals surface area contributed by atoms with Crippen LogP contribution in [0.3, 0.4) is 0 Å². The maximum atomic E-state index is 9.22. The van der Waals surface area contributed by atoms with Gasteiger partial charge in [0, 0.05) is 12.1 Å². The molecule has 0 spiro atoms. The monoisotopic (exact) mass is 251 g/mol. The topological polar surface area (TPSA) is 50.7 Å². The quantitative estimate of drug-likeness (QED) is 0.805. The number of para-hydroxylation sites is 1. The highest BCUT2D eigenvalue weighted by atomic mass is 16.5. The lowest BCUT2D eigenvalue weighted by Gasteiger charge is -2.31. The summed E-state index contributed by atoms with van der Waals surface area (Å²) in [5, 5.41) is 12.6. The summed E-state index contributed by atoms with van der Waals surface area (Å²) in [4.78, 5) is 0. The van der Waals surface area contributed by atoms with Gasteiger partial charge < -0.3 is 19.9 Å². The second kappa shape index (κ2) is 6.07. The fourth-order valence-corrected chi connectivity index (χ4v) is 2.37. The Labute approximate surface area is 108 Å². The standard InChI is InChI=1S/C14H21NO3/c1-17-13-5-3-4-11(14(13)18-2)9-15-8-10-6-12(16)7-10/h3-5,10,12,15-16H,6-9H2,1-2H3. The molecule has 0 amide bonds. The summed E-state index contributed by atoms with van der Waals surface area (Å²) in [5.74, 6) is 2.16. The van der Waals surface area contributed by atoms with Crippen LogP contribution in [0.4, 0.5) is 0 Å². The van der Waals surface area contributed by atoms with Crippen molar-refractivity contribution in [2.45, 2.75) is 25.5 Å². The SMILES string of the molecule is COc1cccc(CNCC2CC(O)C2)c1OC. The summed E-state index contributed by atoms with van der Waals surface area (Å²) in [6.45, 7) is 1.70. The molecule has 1 aromatic rings. The smallest absolute Gasteiger partial charge is 0.165 e. The lowest BCUT2D eigenvalue weighted by molar-refractivity contribution is 0.0429. The summed E-state index contributed by atoms with van der Waals surface area (Å²) in [7, 11) is 3.30. The van der Waals surface area contributed by atoms with Crippen LogP contribution >= 0.6 is 0 Å². The molecule has 0 aliphatic heterocycles. The van der Waals surface area contributed by atoms with Crippen molar-refractivity contribution in [3.8, 4) is 11.5 Å². The Kier molecular flexibility index (Phi) is 4.44. The predicted molar refractivity (Wildman–Crippen MR) is 70.0 cm³/mol. The largest absolute Gasteiger partial charge is 0.493 e. The minimum atomic E-state index is -0.0804. The molecule has 1 aliphatic rings. The van der Waals surface area contributed by atoms with Crippen molar-refractivity contribution in [3.05, 3.63) is 23.8 Å². The molecule has 1 aromatic carbocycles. The molecule has 0 saturated heterocycles. The van der Waals surface area contributed by atoms with Crippen LogP contribution in [0.15, 0.2) is 18.2 Å². The van der Waals surface area contributed by atoms with Crippen molar-refractivity contribution < 1.29 is 14.6 Å². The maximum Gasteiger partial charge on any atom is 0.165 e. The van der Waals surface area contributed by atoms with Gasteiger partial charge in [0.15, 0.2) is 11.5 Å². The van der Waals surface area contributed by atoms with Crippen molar-refractivity contribution in [2.75, 3.05) is 20.8 Å². The van der Waals surface area contributed by atoms with Crippen LogP contribution in [0.2, 0.25) is 0 Å². The zero-order valence-electron chi connectivity index (χ0n) is 11.0. The van der Waals surface area contributed by atoms with Crippen LogP contribution in [-0.4, -0.2) is 32.0 Å². The minimum absolute atomic E-state index is 0.0804. The van der Waals surface area contributed by atoms with Crippen LogP contribution in [0.25, 0.3) is 0 Å². The number of ether oxygens (including phenoxy) is 2. The summed E-state index contributed by atoms with van der Waals surface area (Å²) >= 11 is 0. The van der Waals surface area contributed by atoms with E-state index < -0.39 is 0 Å². The van der Waals surface area contributed by atoms with Gasteiger partial charge in [-0.3, -0.25) is 0 Å². The summed E-state index contributed by atoms with van der Waals surface area (Å²) in [6.07, 6.45) is 1.76. The first-order valence-corrected chi connectivity index (χ1v) is 6.33. The van der Waals surface area contributed by atoms with E-state index in [-0.39, 0.29) is 6.10 Å². The summed E-state index contributed by atoms with van der Waals surface area (Å²) < 4.78 is 10.6. The molecule has 0 heterocycles. The van der Waals surface area contributed by atoms with Crippen molar-refractivity contribution in [3.63, 3.8) is 0 Å². The van der Waals surface area contributed by atoms with Gasteiger partial charge in [0.25, 0.3) is 0 Å². The Morgan fingerprint density at radius 1 is 1.28 bits per heavy atom. The van der Waals surface area contributed by atoms with Crippen molar-refractivity contribution in [1.29, 1.82) is 0 Å². The highest BCUT2D eigenvalue weighted by Crippen LogP contribution is 2.31. The molecule has 0 radical (unpaired) electrons. The molecule has 1 saturated carbocycles. The van der Waals surface area contributed by atoms with Gasteiger partial charge in [-0.25, -0.2) is 0 Å². The predicted octanol–water partition coefficient (Wildman–Crippen LogP) is 1.56. The first kappa shape index (κ1) is 13.2. The molecule has 100 valence electrons. The summed E-state index contributed by atoms with van der Waals surface area (Å²) in [5.41, 5.74) is 1.09. The van der Waals surface area contributed by atoms with E-state index in [1.165, 1.54) is 0 Å². The number of nitrogens with one attached hydrogen (secondary N) is 1. The van der Waals surface area contributed by atoms with Crippen LogP contribution < -0.4 is 14.8 Å². The van der Waals surface area contributed by atoms with Crippen LogP contribution in [0.1, 0.15) is 18.4 Å². The Morgan fingerprint density at radius 2 is 2.06 bits per heavy atom. The zero-order chi connectivity index (χ0) is 13.0. The Hall–Kier alpha value is -1.26. The lowest BCUT2D eigenvalue weighted by atomic mass is 9.82. The van der Waals surface area contributed by atoms with Crippen molar-refractivity contribution in [1.82, 2.24) is 5.32 Å². The number of methoxy groups -OCH3 is 2. The van der Waals surface area contributed by atoms with Gasteiger partial charge in [-0.1, -0.05) is 12.1 Å². The Morgan fingerprint density at radius 3 is 2.67 bits per heavy atom. The third kappa shape index (κ3) is 2.94. The van der Waals surface area contributed by atoms with Crippen LogP contribution in [0.5, 0.6) is 11.5 Å². The van der Waals surface area contributed by atoms with Gasteiger partial charge in [-0.05, 0) is 31.4 Å². The number of aliphatic hydroxyl groups excluding tert-OH is 1. The van der Waals surface area contributed by atoms with Crippen molar-refractivity contribution in [2.24, 2.45) is 5.92 Å². The molecule has 2 rings (SSSR count). The van der Waals surface area contributed by atoms with E-state index in [0.717, 1.165) is 43.0 Å². The first-order valence-electron chi connectivity index (χ1n) is 6.33. The third-order valence-electron chi connectivity index (χ3n) is 3.44. The van der Waals surface area contributed by atoms with E-state index in [2.05, 4.69) is 5.32 Å². The van der Waals surface area contributed by atoms with Gasteiger partial charge >= 0.3 is 0 Å². The van der Waals surface area contributed by atoms with Gasteiger partial charge in [-0.15, -0.1) is 0 Å². The van der Waals surface area contributed by atoms with E-state index in [1.54, 1.807) is 14.2 Å². The summed E-state index contributed by atoms with van der Waals surface area (Å²) in [6, 6.07) is 5.89. The Bertz CT molecular complexity index is 389. The van der Waals surface area contributed by atoms with Gasteiger partial charge in [0.05, 0.1) is 20.3 Å². The molecular formula is C14H21NO3. The highest BCUT2D eigenvalue weighted by molar-refractivity contribution is 5.46. The number of aliphatic hydroxyl groups is 1. The molecule has 1 fully saturated rings. The minimum Gasteiger partial charge on any atom is -0.493 e. The second-order valence-electron chi connectivity index (χ2n) is 4.77. The molecule has 18 heavy (non-hydrogen) atoms. The van der Waals surface area contributed by atoms with Gasteiger partial charge in [0.2, 0.25) is 0 Å². The molecule has 0 atom stereocenters. The molecule has 0 unspecified atom stereocenters. The molecule has 1 aliphatic carbocycles. The number of hydrogen-bond donors (Lipinski definition) is 2. The average Bonchev–Trinajstić information content (AvgIpc) is 2.36. The fourth-order valence-electron chi connectivity index (χ4n) is 2.37. The Balaban J connectivity index is 1.88. The average molecular weight is 251 g/mol. The molecular weight excluding hydrogens is 230 g/mol. The van der Waals surface area contributed by atoms with E-state index in [9.17, 15) is 5.11 Å². The molecule has 2 N–H and O–H groups in total. The van der Waals surface area contributed by atoms with E-state index in [1.807, 2.05) is 18.2 Å². The van der Waals surface area contributed by atoms with Crippen molar-refractivity contribution >= 4 is 0 Å². The van der Waals surface area contributed by atoms with Gasteiger partial charge in [-0.2, -0.15) is 0 Å². The lowest BCUT2D eigenvalue weighted by Crippen LogP contribution is -2.35. The van der Waals surface area contributed by atoms with Gasteiger partial charge in [0.1, 0.15) is 0 Å². The zero-order valence-corrected chi connectivity index (χ0v) is 11.0. The molecule has 0 aromatic heterocycles.